The number of nitrogens with one attached hydrogen (secondary N) is 2. The number of amides is 1. The van der Waals surface area contributed by atoms with E-state index in [1.54, 1.807) is 18.2 Å². The first-order valence-electron chi connectivity index (χ1n) is 9.93. The highest BCUT2D eigenvalue weighted by molar-refractivity contribution is 7.90. The van der Waals surface area contributed by atoms with E-state index in [0.717, 1.165) is 38.5 Å². The van der Waals surface area contributed by atoms with Gasteiger partial charge < -0.3 is 14.8 Å². The van der Waals surface area contributed by atoms with Crippen molar-refractivity contribution in [1.29, 1.82) is 0 Å². The van der Waals surface area contributed by atoms with Gasteiger partial charge in [-0.05, 0) is 50.2 Å². The Bertz CT molecular complexity index is 743. The number of carbonyl (C=O) groups excluding carboxylic acids is 1. The molecule has 2 rings (SSSR count). The maximum atomic E-state index is 12.4. The second-order valence-corrected chi connectivity index (χ2v) is 9.20. The molecule has 0 saturated heterocycles. The van der Waals surface area contributed by atoms with Crippen LogP contribution in [0, 0.1) is 5.92 Å². The van der Waals surface area contributed by atoms with Crippen LogP contribution >= 0.6 is 0 Å². The Morgan fingerprint density at radius 1 is 1.21 bits per heavy atom. The first-order chi connectivity index (χ1) is 13.3. The normalized spacial score (nSPS) is 19.8. The van der Waals surface area contributed by atoms with Gasteiger partial charge in [-0.3, -0.25) is 4.79 Å². The summed E-state index contributed by atoms with van der Waals surface area (Å²) in [6.45, 7) is 4.75. The third-order valence-electron chi connectivity index (χ3n) is 4.90. The van der Waals surface area contributed by atoms with Gasteiger partial charge in [0, 0.05) is 12.1 Å². The van der Waals surface area contributed by atoms with Crippen molar-refractivity contribution in [3.63, 3.8) is 0 Å². The van der Waals surface area contributed by atoms with E-state index >= 15 is 0 Å². The van der Waals surface area contributed by atoms with Crippen molar-refractivity contribution in [2.75, 3.05) is 24.8 Å². The lowest BCUT2D eigenvalue weighted by molar-refractivity contribution is -0.113. The first-order valence-corrected chi connectivity index (χ1v) is 11.6. The van der Waals surface area contributed by atoms with Gasteiger partial charge in [0.2, 0.25) is 15.9 Å². The molecule has 28 heavy (non-hydrogen) atoms. The molecule has 2 N–H and O–H groups in total. The van der Waals surface area contributed by atoms with Crippen molar-refractivity contribution in [2.24, 2.45) is 5.92 Å². The van der Waals surface area contributed by atoms with Crippen LogP contribution in [0.3, 0.4) is 0 Å². The SMILES string of the molecule is CCCCOc1ccc(OC)cc1NC(=O)CS(=O)(=O)NC1CCC(C)CC1. The summed E-state index contributed by atoms with van der Waals surface area (Å²) >= 11 is 0. The summed E-state index contributed by atoms with van der Waals surface area (Å²) in [5.41, 5.74) is 0.405. The zero-order valence-electron chi connectivity index (χ0n) is 17.0. The predicted molar refractivity (Wildman–Crippen MR) is 110 cm³/mol. The van der Waals surface area contributed by atoms with Crippen molar-refractivity contribution < 1.29 is 22.7 Å². The van der Waals surface area contributed by atoms with Gasteiger partial charge in [-0.25, -0.2) is 13.1 Å². The molecule has 1 aliphatic rings. The molecule has 0 aliphatic heterocycles. The topological polar surface area (TPSA) is 93.7 Å². The van der Waals surface area contributed by atoms with Crippen LogP contribution in [0.5, 0.6) is 11.5 Å². The third-order valence-corrected chi connectivity index (χ3v) is 6.23. The molecule has 1 fully saturated rings. The number of rotatable bonds is 10. The van der Waals surface area contributed by atoms with Gasteiger partial charge in [0.1, 0.15) is 17.3 Å². The van der Waals surface area contributed by atoms with Crippen LogP contribution in [-0.2, 0) is 14.8 Å². The van der Waals surface area contributed by atoms with Crippen molar-refractivity contribution in [3.05, 3.63) is 18.2 Å². The van der Waals surface area contributed by atoms with Gasteiger partial charge in [0.15, 0.2) is 0 Å². The lowest BCUT2D eigenvalue weighted by Gasteiger charge is -2.26. The van der Waals surface area contributed by atoms with Gasteiger partial charge in [-0.2, -0.15) is 0 Å². The lowest BCUT2D eigenvalue weighted by Crippen LogP contribution is -2.41. The number of carbonyl (C=O) groups is 1. The van der Waals surface area contributed by atoms with E-state index in [1.807, 2.05) is 0 Å². The average Bonchev–Trinajstić information content (AvgIpc) is 2.64. The van der Waals surface area contributed by atoms with E-state index in [4.69, 9.17) is 9.47 Å². The number of hydrogen-bond acceptors (Lipinski definition) is 5. The molecule has 0 heterocycles. The minimum atomic E-state index is -3.70. The van der Waals surface area contributed by atoms with Gasteiger partial charge in [-0.15, -0.1) is 0 Å². The largest absolute Gasteiger partial charge is 0.497 e. The quantitative estimate of drug-likeness (QED) is 0.575. The Morgan fingerprint density at radius 3 is 2.57 bits per heavy atom. The Kier molecular flexibility index (Phi) is 8.57. The van der Waals surface area contributed by atoms with Gasteiger partial charge in [-0.1, -0.05) is 20.3 Å². The Morgan fingerprint density at radius 2 is 1.93 bits per heavy atom. The molecule has 1 amide bonds. The molecule has 7 nitrogen and oxygen atoms in total. The van der Waals surface area contributed by atoms with Crippen LogP contribution in [0.25, 0.3) is 0 Å². The van der Waals surface area contributed by atoms with E-state index in [2.05, 4.69) is 23.9 Å². The van der Waals surface area contributed by atoms with E-state index in [0.29, 0.717) is 29.7 Å². The summed E-state index contributed by atoms with van der Waals surface area (Å²) < 4.78 is 38.3. The molecule has 1 aliphatic carbocycles. The Labute approximate surface area is 168 Å². The van der Waals surface area contributed by atoms with Crippen LogP contribution in [0.2, 0.25) is 0 Å². The molecule has 1 aromatic rings. The van der Waals surface area contributed by atoms with Crippen molar-refractivity contribution in [3.8, 4) is 11.5 Å². The molecule has 158 valence electrons. The van der Waals surface area contributed by atoms with Crippen LogP contribution < -0.4 is 19.5 Å². The second-order valence-electron chi connectivity index (χ2n) is 7.45. The van der Waals surface area contributed by atoms with Crippen molar-refractivity contribution in [2.45, 2.75) is 58.4 Å². The number of unbranched alkanes of at least 4 members (excludes halogenated alkanes) is 1. The molecular formula is C20H32N2O5S. The number of ether oxygens (including phenoxy) is 2. The summed E-state index contributed by atoms with van der Waals surface area (Å²) in [5, 5.41) is 2.65. The van der Waals surface area contributed by atoms with Gasteiger partial charge in [0.25, 0.3) is 0 Å². The second kappa shape index (κ2) is 10.7. The predicted octanol–water partition coefficient (Wildman–Crippen LogP) is 3.31. The van der Waals surface area contributed by atoms with Crippen LogP contribution in [0.4, 0.5) is 5.69 Å². The first kappa shape index (κ1) is 22.5. The standard InChI is InChI=1S/C20H32N2O5S/c1-4-5-12-27-19-11-10-17(26-3)13-18(19)21-20(23)14-28(24,25)22-16-8-6-15(2)7-9-16/h10-11,13,15-16,22H,4-9,12,14H2,1-3H3,(H,21,23). The maximum Gasteiger partial charge on any atom is 0.241 e. The van der Waals surface area contributed by atoms with E-state index in [9.17, 15) is 13.2 Å². The highest BCUT2D eigenvalue weighted by atomic mass is 32.2. The molecular weight excluding hydrogens is 380 g/mol. The number of methoxy groups -OCH3 is 1. The molecule has 0 atom stereocenters. The summed E-state index contributed by atoms with van der Waals surface area (Å²) in [6, 6.07) is 4.99. The average molecular weight is 413 g/mol. The van der Waals surface area contributed by atoms with E-state index < -0.39 is 21.7 Å². The lowest BCUT2D eigenvalue weighted by atomic mass is 9.88. The molecule has 0 spiro atoms. The monoisotopic (exact) mass is 412 g/mol. The molecule has 0 bridgehead atoms. The Hall–Kier alpha value is -1.80. The van der Waals surface area contributed by atoms with E-state index in [1.165, 1.54) is 7.11 Å². The maximum absolute atomic E-state index is 12.4. The minimum absolute atomic E-state index is 0.0845. The fraction of sp³-hybridized carbons (Fsp3) is 0.650. The van der Waals surface area contributed by atoms with Crippen molar-refractivity contribution in [1.82, 2.24) is 4.72 Å². The summed E-state index contributed by atoms with van der Waals surface area (Å²) in [4.78, 5) is 12.4. The molecule has 0 unspecified atom stereocenters. The highest BCUT2D eigenvalue weighted by Gasteiger charge is 2.25. The number of sulfonamides is 1. The van der Waals surface area contributed by atoms with Gasteiger partial charge in [0.05, 0.1) is 19.4 Å². The fourth-order valence-electron chi connectivity index (χ4n) is 3.22. The van der Waals surface area contributed by atoms with Crippen LogP contribution in [-0.4, -0.2) is 39.8 Å². The summed E-state index contributed by atoms with van der Waals surface area (Å²) in [6.07, 6.45) is 5.50. The number of hydrogen-bond donors (Lipinski definition) is 2. The van der Waals surface area contributed by atoms with Crippen LogP contribution in [0.15, 0.2) is 18.2 Å². The van der Waals surface area contributed by atoms with Crippen LogP contribution in [0.1, 0.15) is 52.4 Å². The third kappa shape index (κ3) is 7.31. The summed E-state index contributed by atoms with van der Waals surface area (Å²) in [7, 11) is -2.18. The number of benzene rings is 1. The van der Waals surface area contributed by atoms with Crippen molar-refractivity contribution >= 4 is 21.6 Å². The van der Waals surface area contributed by atoms with E-state index in [-0.39, 0.29) is 6.04 Å². The zero-order chi connectivity index (χ0) is 20.6. The van der Waals surface area contributed by atoms with Gasteiger partial charge >= 0.3 is 0 Å². The zero-order valence-corrected chi connectivity index (χ0v) is 17.8. The minimum Gasteiger partial charge on any atom is -0.497 e. The number of anilines is 1. The smallest absolute Gasteiger partial charge is 0.241 e. The molecule has 8 heteroatoms. The summed E-state index contributed by atoms with van der Waals surface area (Å²) in [5.74, 6) is 0.447. The molecule has 0 radical (unpaired) electrons. The highest BCUT2D eigenvalue weighted by Crippen LogP contribution is 2.29. The Balaban J connectivity index is 1.98. The fourth-order valence-corrected chi connectivity index (χ4v) is 4.46. The molecule has 1 aromatic carbocycles. The molecule has 0 aromatic heterocycles. The molecule has 1 saturated carbocycles.